The number of nitro benzene ring substituents is 1. The van der Waals surface area contributed by atoms with Crippen molar-refractivity contribution < 1.29 is 9.72 Å². The number of non-ortho nitro benzene ring substituents is 1. The lowest BCUT2D eigenvalue weighted by molar-refractivity contribution is -0.384. The van der Waals surface area contributed by atoms with Gasteiger partial charge in [0, 0.05) is 12.1 Å². The molecule has 1 aromatic carbocycles. The summed E-state index contributed by atoms with van der Waals surface area (Å²) in [6, 6.07) is 7.36. The summed E-state index contributed by atoms with van der Waals surface area (Å²) in [6.45, 7) is 1.28. The second-order valence-corrected chi connectivity index (χ2v) is 3.02. The Kier molecular flexibility index (Phi) is 3.13. The van der Waals surface area contributed by atoms with Crippen LogP contribution in [0.15, 0.2) is 24.3 Å². The van der Waals surface area contributed by atoms with Gasteiger partial charge in [-0.25, -0.2) is 0 Å². The molecule has 0 saturated heterocycles. The van der Waals surface area contributed by atoms with E-state index in [1.807, 2.05) is 6.07 Å². The predicted molar refractivity (Wildman–Crippen MR) is 52.1 cm³/mol. The number of benzene rings is 1. The predicted octanol–water partition coefficient (Wildman–Crippen LogP) is 1.79. The molecule has 0 heterocycles. The molecule has 0 fully saturated rings. The monoisotopic (exact) mass is 204 g/mol. The van der Waals surface area contributed by atoms with Crippen LogP contribution in [0.3, 0.4) is 0 Å². The van der Waals surface area contributed by atoms with Gasteiger partial charge in [-0.15, -0.1) is 0 Å². The van der Waals surface area contributed by atoms with Crippen LogP contribution >= 0.6 is 0 Å². The largest absolute Gasteiger partial charge is 0.298 e. The third-order valence-electron chi connectivity index (χ3n) is 1.95. The van der Waals surface area contributed by atoms with Crippen molar-refractivity contribution in [2.45, 2.75) is 12.8 Å². The number of ketones is 1. The van der Waals surface area contributed by atoms with E-state index in [0.717, 1.165) is 0 Å². The number of nitrogens with zero attached hydrogens (tertiary/aromatic N) is 2. The van der Waals surface area contributed by atoms with Crippen LogP contribution in [-0.4, -0.2) is 10.7 Å². The molecular formula is C10H8N2O3. The molecule has 0 aliphatic rings. The molecule has 0 amide bonds. The van der Waals surface area contributed by atoms with E-state index in [-0.39, 0.29) is 11.5 Å². The smallest absolute Gasteiger partial charge is 0.269 e. The molecule has 0 aliphatic carbocycles. The van der Waals surface area contributed by atoms with Gasteiger partial charge >= 0.3 is 0 Å². The maximum Gasteiger partial charge on any atom is 0.269 e. The average molecular weight is 204 g/mol. The van der Waals surface area contributed by atoms with Gasteiger partial charge in [-0.05, 0) is 12.5 Å². The van der Waals surface area contributed by atoms with E-state index in [4.69, 9.17) is 5.26 Å². The highest BCUT2D eigenvalue weighted by Gasteiger charge is 2.18. The third-order valence-corrected chi connectivity index (χ3v) is 1.95. The van der Waals surface area contributed by atoms with Crippen molar-refractivity contribution in [3.63, 3.8) is 0 Å². The summed E-state index contributed by atoms with van der Waals surface area (Å²) in [4.78, 5) is 21.0. The Bertz CT molecular complexity index is 448. The first-order valence-electron chi connectivity index (χ1n) is 4.20. The highest BCUT2D eigenvalue weighted by atomic mass is 16.6. The summed E-state index contributed by atoms with van der Waals surface area (Å²) < 4.78 is 0. The van der Waals surface area contributed by atoms with Crippen molar-refractivity contribution in [2.24, 2.45) is 0 Å². The summed E-state index contributed by atoms with van der Waals surface area (Å²) in [5, 5.41) is 19.2. The molecule has 0 radical (unpaired) electrons. The van der Waals surface area contributed by atoms with Crippen LogP contribution in [0, 0.1) is 21.4 Å². The number of hydrogen-bond donors (Lipinski definition) is 0. The quantitative estimate of drug-likeness (QED) is 0.555. The van der Waals surface area contributed by atoms with Crippen LogP contribution in [0.1, 0.15) is 18.4 Å². The number of carbonyl (C=O) groups excluding carboxylic acids is 1. The molecule has 1 aromatic rings. The van der Waals surface area contributed by atoms with Crippen molar-refractivity contribution in [2.75, 3.05) is 0 Å². The molecule has 5 heteroatoms. The Morgan fingerprint density at radius 1 is 1.60 bits per heavy atom. The van der Waals surface area contributed by atoms with Crippen LogP contribution in [0.4, 0.5) is 5.69 Å². The van der Waals surface area contributed by atoms with E-state index in [1.165, 1.54) is 31.2 Å². The lowest BCUT2D eigenvalue weighted by atomic mass is 9.97. The lowest BCUT2D eigenvalue weighted by Crippen LogP contribution is -2.06. The standard InChI is InChI=1S/C10H8N2O3/c1-7(13)10(6-11)8-3-2-4-9(5-8)12(14)15/h2-5,10H,1H3. The number of nitro groups is 1. The highest BCUT2D eigenvalue weighted by molar-refractivity contribution is 5.86. The summed E-state index contributed by atoms with van der Waals surface area (Å²) in [7, 11) is 0. The molecule has 1 unspecified atom stereocenters. The van der Waals surface area contributed by atoms with Crippen LogP contribution in [0.2, 0.25) is 0 Å². The van der Waals surface area contributed by atoms with Crippen LogP contribution in [0.5, 0.6) is 0 Å². The van der Waals surface area contributed by atoms with Gasteiger partial charge in [0.25, 0.3) is 5.69 Å². The molecule has 5 nitrogen and oxygen atoms in total. The van der Waals surface area contributed by atoms with Gasteiger partial charge in [-0.3, -0.25) is 14.9 Å². The summed E-state index contributed by atoms with van der Waals surface area (Å²) >= 11 is 0. The maximum atomic E-state index is 11.1. The maximum absolute atomic E-state index is 11.1. The topological polar surface area (TPSA) is 84.0 Å². The van der Waals surface area contributed by atoms with Crippen molar-refractivity contribution >= 4 is 11.5 Å². The number of carbonyl (C=O) groups is 1. The molecule has 76 valence electrons. The van der Waals surface area contributed by atoms with Gasteiger partial charge in [0.15, 0.2) is 5.78 Å². The molecule has 1 atom stereocenters. The number of nitriles is 1. The van der Waals surface area contributed by atoms with E-state index >= 15 is 0 Å². The first-order valence-corrected chi connectivity index (χ1v) is 4.20. The zero-order chi connectivity index (χ0) is 11.4. The van der Waals surface area contributed by atoms with E-state index in [2.05, 4.69) is 0 Å². The number of rotatable bonds is 3. The van der Waals surface area contributed by atoms with Crippen molar-refractivity contribution in [1.29, 1.82) is 5.26 Å². The fraction of sp³-hybridized carbons (Fsp3) is 0.200. The van der Waals surface area contributed by atoms with Gasteiger partial charge in [-0.2, -0.15) is 5.26 Å². The first kappa shape index (κ1) is 10.9. The Morgan fingerprint density at radius 3 is 2.73 bits per heavy atom. The van der Waals surface area contributed by atoms with Crippen molar-refractivity contribution in [3.05, 3.63) is 39.9 Å². The minimum atomic E-state index is -0.926. The van der Waals surface area contributed by atoms with E-state index < -0.39 is 10.8 Å². The first-order chi connectivity index (χ1) is 7.06. The number of Topliss-reactive ketones (excluding diaryl/α,β-unsaturated/α-hetero) is 1. The number of hydrogen-bond acceptors (Lipinski definition) is 4. The molecule has 0 saturated carbocycles. The molecule has 0 bridgehead atoms. The minimum Gasteiger partial charge on any atom is -0.298 e. The van der Waals surface area contributed by atoms with Gasteiger partial charge in [0.2, 0.25) is 0 Å². The average Bonchev–Trinajstić information content (AvgIpc) is 2.18. The van der Waals surface area contributed by atoms with Crippen LogP contribution < -0.4 is 0 Å². The summed E-state index contributed by atoms with van der Waals surface area (Å²) in [5.74, 6) is -1.25. The highest BCUT2D eigenvalue weighted by Crippen LogP contribution is 2.21. The van der Waals surface area contributed by atoms with E-state index in [0.29, 0.717) is 5.56 Å². The fourth-order valence-electron chi connectivity index (χ4n) is 1.22. The Hall–Kier alpha value is -2.22. The molecule has 0 N–H and O–H groups in total. The lowest BCUT2D eigenvalue weighted by Gasteiger charge is -2.04. The van der Waals surface area contributed by atoms with Crippen LogP contribution in [0.25, 0.3) is 0 Å². The van der Waals surface area contributed by atoms with Gasteiger partial charge in [0.05, 0.1) is 11.0 Å². The van der Waals surface area contributed by atoms with Crippen molar-refractivity contribution in [1.82, 2.24) is 0 Å². The molecule has 0 aromatic heterocycles. The molecule has 0 spiro atoms. The molecular weight excluding hydrogens is 196 g/mol. The Morgan fingerprint density at radius 2 is 2.27 bits per heavy atom. The molecule has 15 heavy (non-hydrogen) atoms. The summed E-state index contributed by atoms with van der Waals surface area (Å²) in [6.07, 6.45) is 0. The summed E-state index contributed by atoms with van der Waals surface area (Å²) in [5.41, 5.74) is 0.244. The normalized spacial score (nSPS) is 11.5. The fourth-order valence-corrected chi connectivity index (χ4v) is 1.22. The second kappa shape index (κ2) is 4.33. The Labute approximate surface area is 86.1 Å². The van der Waals surface area contributed by atoms with Crippen molar-refractivity contribution in [3.8, 4) is 6.07 Å². The minimum absolute atomic E-state index is 0.117. The van der Waals surface area contributed by atoms with Gasteiger partial charge in [0.1, 0.15) is 5.92 Å². The van der Waals surface area contributed by atoms with Crippen LogP contribution in [-0.2, 0) is 4.79 Å². The van der Waals surface area contributed by atoms with E-state index in [1.54, 1.807) is 0 Å². The molecule has 1 rings (SSSR count). The third kappa shape index (κ3) is 2.38. The zero-order valence-electron chi connectivity index (χ0n) is 8.01. The SMILES string of the molecule is CC(=O)C(C#N)c1cccc([N+](=O)[O-])c1. The second-order valence-electron chi connectivity index (χ2n) is 3.02. The zero-order valence-corrected chi connectivity index (χ0v) is 8.01. The van der Waals surface area contributed by atoms with E-state index in [9.17, 15) is 14.9 Å². The van der Waals surface area contributed by atoms with Gasteiger partial charge < -0.3 is 0 Å². The Balaban J connectivity index is 3.15. The van der Waals surface area contributed by atoms with Gasteiger partial charge in [-0.1, -0.05) is 12.1 Å². The molecule has 0 aliphatic heterocycles.